The maximum Gasteiger partial charge on any atom is 0.270 e. The fourth-order valence-electron chi connectivity index (χ4n) is 1.48. The van der Waals surface area contributed by atoms with E-state index in [9.17, 15) is 9.59 Å². The number of hydrazone groups is 1. The Morgan fingerprint density at radius 1 is 1.56 bits per heavy atom. The van der Waals surface area contributed by atoms with Crippen molar-refractivity contribution in [2.45, 2.75) is 26.2 Å². The van der Waals surface area contributed by atoms with Crippen LogP contribution in [0.4, 0.5) is 0 Å². The first kappa shape index (κ1) is 12.6. The summed E-state index contributed by atoms with van der Waals surface area (Å²) in [6, 6.07) is 0. The van der Waals surface area contributed by atoms with Crippen LogP contribution in [0.1, 0.15) is 26.2 Å². The first-order valence-electron chi connectivity index (χ1n) is 5.44. The number of carbonyl (C=O) groups excluding carboxylic acids is 2. The van der Waals surface area contributed by atoms with Crippen molar-refractivity contribution in [2.24, 2.45) is 5.10 Å². The van der Waals surface area contributed by atoms with Gasteiger partial charge in [0.15, 0.2) is 0 Å². The molecule has 1 aliphatic heterocycles. The van der Waals surface area contributed by atoms with Gasteiger partial charge in [-0.1, -0.05) is 0 Å². The third-order valence-electron chi connectivity index (χ3n) is 2.41. The number of hydrogen-bond acceptors (Lipinski definition) is 4. The van der Waals surface area contributed by atoms with Crippen LogP contribution in [0.5, 0.6) is 0 Å². The molecule has 16 heavy (non-hydrogen) atoms. The number of amides is 2. The average Bonchev–Trinajstić information content (AvgIpc) is 2.30. The molecule has 0 bridgehead atoms. The van der Waals surface area contributed by atoms with Gasteiger partial charge in [-0.25, -0.2) is 5.43 Å². The van der Waals surface area contributed by atoms with Crippen molar-refractivity contribution in [3.8, 4) is 0 Å². The van der Waals surface area contributed by atoms with Crippen molar-refractivity contribution in [1.29, 1.82) is 0 Å². The Balaban J connectivity index is 2.57. The van der Waals surface area contributed by atoms with Gasteiger partial charge in [-0.2, -0.15) is 5.10 Å². The second-order valence-corrected chi connectivity index (χ2v) is 3.56. The van der Waals surface area contributed by atoms with Crippen molar-refractivity contribution in [3.05, 3.63) is 0 Å². The largest absolute Gasteiger partial charge is 0.396 e. The van der Waals surface area contributed by atoms with Gasteiger partial charge in [0.25, 0.3) is 5.91 Å². The maximum atomic E-state index is 11.9. The molecule has 1 aliphatic rings. The van der Waals surface area contributed by atoms with E-state index in [0.717, 1.165) is 0 Å². The number of carbonyl (C=O) groups is 2. The van der Waals surface area contributed by atoms with Crippen molar-refractivity contribution in [3.63, 3.8) is 0 Å². The van der Waals surface area contributed by atoms with Crippen LogP contribution in [-0.2, 0) is 9.59 Å². The van der Waals surface area contributed by atoms with Crippen LogP contribution in [0.25, 0.3) is 0 Å². The Bertz CT molecular complexity index is 302. The lowest BCUT2D eigenvalue weighted by molar-refractivity contribution is -0.124. The molecule has 2 N–H and O–H groups in total. The van der Waals surface area contributed by atoms with Gasteiger partial charge in [0, 0.05) is 32.5 Å². The lowest BCUT2D eigenvalue weighted by atomic mass is 10.1. The molecule has 0 aromatic rings. The number of nitrogens with zero attached hydrogens (tertiary/aromatic N) is 2. The van der Waals surface area contributed by atoms with E-state index in [1.165, 1.54) is 0 Å². The second-order valence-electron chi connectivity index (χ2n) is 3.56. The van der Waals surface area contributed by atoms with Gasteiger partial charge in [-0.3, -0.25) is 9.59 Å². The summed E-state index contributed by atoms with van der Waals surface area (Å²) in [5, 5.41) is 12.5. The van der Waals surface area contributed by atoms with Gasteiger partial charge >= 0.3 is 0 Å². The van der Waals surface area contributed by atoms with Crippen molar-refractivity contribution < 1.29 is 14.7 Å². The minimum atomic E-state index is -0.157. The SMILES string of the molecule is CCN(CCCO)C(=O)C1=NNC(=O)CC1. The molecular formula is C10H17N3O3. The molecule has 0 spiro atoms. The normalized spacial score (nSPS) is 15.4. The van der Waals surface area contributed by atoms with E-state index in [4.69, 9.17) is 5.11 Å². The predicted octanol–water partition coefficient (Wildman–Crippen LogP) is -0.517. The molecule has 0 saturated heterocycles. The summed E-state index contributed by atoms with van der Waals surface area (Å²) in [4.78, 5) is 24.4. The molecule has 6 nitrogen and oxygen atoms in total. The number of aliphatic hydroxyl groups is 1. The first-order valence-corrected chi connectivity index (χ1v) is 5.44. The Morgan fingerprint density at radius 3 is 2.81 bits per heavy atom. The van der Waals surface area contributed by atoms with Crippen LogP contribution < -0.4 is 5.43 Å². The van der Waals surface area contributed by atoms with E-state index in [2.05, 4.69) is 10.5 Å². The first-order chi connectivity index (χ1) is 7.69. The minimum Gasteiger partial charge on any atom is -0.396 e. The van der Waals surface area contributed by atoms with E-state index < -0.39 is 0 Å². The summed E-state index contributed by atoms with van der Waals surface area (Å²) in [5.41, 5.74) is 2.69. The zero-order valence-electron chi connectivity index (χ0n) is 9.40. The van der Waals surface area contributed by atoms with E-state index in [1.54, 1.807) is 4.90 Å². The molecule has 2 amide bonds. The summed E-state index contributed by atoms with van der Waals surface area (Å²) < 4.78 is 0. The molecule has 0 unspecified atom stereocenters. The smallest absolute Gasteiger partial charge is 0.270 e. The summed E-state index contributed by atoms with van der Waals surface area (Å²) in [6.45, 7) is 3.02. The van der Waals surface area contributed by atoms with Crippen LogP contribution in [0.2, 0.25) is 0 Å². The Labute approximate surface area is 94.3 Å². The molecule has 0 aliphatic carbocycles. The molecule has 0 fully saturated rings. The summed E-state index contributed by atoms with van der Waals surface area (Å²) in [5.74, 6) is -0.314. The van der Waals surface area contributed by atoms with Crippen LogP contribution in [-0.4, -0.2) is 47.2 Å². The van der Waals surface area contributed by atoms with Crippen LogP contribution in [0, 0.1) is 0 Å². The molecule has 6 heteroatoms. The van der Waals surface area contributed by atoms with Crippen molar-refractivity contribution >= 4 is 17.5 Å². The Morgan fingerprint density at radius 2 is 2.31 bits per heavy atom. The summed E-state index contributed by atoms with van der Waals surface area (Å²) in [6.07, 6.45) is 1.25. The highest BCUT2D eigenvalue weighted by atomic mass is 16.3. The number of nitrogens with one attached hydrogen (secondary N) is 1. The molecule has 1 heterocycles. The maximum absolute atomic E-state index is 11.9. The quantitative estimate of drug-likeness (QED) is 0.663. The highest BCUT2D eigenvalue weighted by Crippen LogP contribution is 2.04. The molecule has 0 aromatic carbocycles. The van der Waals surface area contributed by atoms with Gasteiger partial charge in [0.1, 0.15) is 5.71 Å². The standard InChI is InChI=1S/C10H17N3O3/c1-2-13(6-3-7-14)10(16)8-4-5-9(15)12-11-8/h14H,2-7H2,1H3,(H,12,15). The molecule has 0 aromatic heterocycles. The fourth-order valence-corrected chi connectivity index (χ4v) is 1.48. The molecule has 0 radical (unpaired) electrons. The topological polar surface area (TPSA) is 82.0 Å². The molecule has 1 rings (SSSR count). The number of hydrogen-bond donors (Lipinski definition) is 2. The Kier molecular flexibility index (Phi) is 4.91. The van der Waals surface area contributed by atoms with Gasteiger partial charge < -0.3 is 10.0 Å². The molecule has 90 valence electrons. The minimum absolute atomic E-state index is 0.0625. The van der Waals surface area contributed by atoms with Gasteiger partial charge in [-0.15, -0.1) is 0 Å². The fraction of sp³-hybridized carbons (Fsp3) is 0.700. The highest BCUT2D eigenvalue weighted by molar-refractivity contribution is 6.39. The lowest BCUT2D eigenvalue weighted by Gasteiger charge is -2.22. The van der Waals surface area contributed by atoms with E-state index in [0.29, 0.717) is 38.1 Å². The monoisotopic (exact) mass is 227 g/mol. The van der Waals surface area contributed by atoms with Crippen molar-refractivity contribution in [2.75, 3.05) is 19.7 Å². The van der Waals surface area contributed by atoms with Crippen molar-refractivity contribution in [1.82, 2.24) is 10.3 Å². The summed E-state index contributed by atoms with van der Waals surface area (Å²) in [7, 11) is 0. The molecular weight excluding hydrogens is 210 g/mol. The van der Waals surface area contributed by atoms with E-state index >= 15 is 0 Å². The van der Waals surface area contributed by atoms with Crippen LogP contribution in [0.3, 0.4) is 0 Å². The third-order valence-corrected chi connectivity index (χ3v) is 2.41. The second kappa shape index (κ2) is 6.22. The van der Waals surface area contributed by atoms with Crippen LogP contribution in [0.15, 0.2) is 5.10 Å². The molecule has 0 saturated carbocycles. The Hall–Kier alpha value is -1.43. The van der Waals surface area contributed by atoms with Gasteiger partial charge in [0.2, 0.25) is 5.91 Å². The lowest BCUT2D eigenvalue weighted by Crippen LogP contribution is -2.40. The molecule has 0 atom stereocenters. The zero-order valence-corrected chi connectivity index (χ0v) is 9.40. The summed E-state index contributed by atoms with van der Waals surface area (Å²) >= 11 is 0. The number of aliphatic hydroxyl groups excluding tert-OH is 1. The van der Waals surface area contributed by atoms with Crippen LogP contribution >= 0.6 is 0 Å². The third kappa shape index (κ3) is 3.30. The predicted molar refractivity (Wildman–Crippen MR) is 58.8 cm³/mol. The van der Waals surface area contributed by atoms with Gasteiger partial charge in [0.05, 0.1) is 0 Å². The number of rotatable bonds is 5. The van der Waals surface area contributed by atoms with Gasteiger partial charge in [-0.05, 0) is 13.3 Å². The average molecular weight is 227 g/mol. The highest BCUT2D eigenvalue weighted by Gasteiger charge is 2.22. The zero-order chi connectivity index (χ0) is 12.0. The van der Waals surface area contributed by atoms with E-state index in [-0.39, 0.29) is 18.4 Å². The van der Waals surface area contributed by atoms with E-state index in [1.807, 2.05) is 6.92 Å².